The van der Waals surface area contributed by atoms with E-state index in [1.54, 1.807) is 0 Å². The average molecular weight is 211 g/mol. The largest absolute Gasteiger partial charge is 0.481 e. The first-order valence-electron chi connectivity index (χ1n) is 4.31. The number of hydrogen-bond acceptors (Lipinski definition) is 3. The monoisotopic (exact) mass is 211 g/mol. The molecule has 14 heavy (non-hydrogen) atoms. The van der Waals surface area contributed by atoms with E-state index in [0.717, 1.165) is 0 Å². The van der Waals surface area contributed by atoms with Gasteiger partial charge in [0.2, 0.25) is 0 Å². The maximum absolute atomic E-state index is 12.0. The van der Waals surface area contributed by atoms with Crippen LogP contribution in [0, 0.1) is 5.92 Å². The third-order valence-electron chi connectivity index (χ3n) is 1.77. The second-order valence-corrected chi connectivity index (χ2v) is 3.11. The van der Waals surface area contributed by atoms with Crippen molar-refractivity contribution in [3.05, 3.63) is 0 Å². The lowest BCUT2D eigenvalue weighted by Crippen LogP contribution is -2.37. The Kier molecular flexibility index (Phi) is 6.31. The summed E-state index contributed by atoms with van der Waals surface area (Å²) < 4.78 is 24.0. The second kappa shape index (κ2) is 6.67. The minimum absolute atomic E-state index is 0.0280. The molecule has 0 rings (SSSR count). The molecule has 1 unspecified atom stereocenters. The van der Waals surface area contributed by atoms with Crippen LogP contribution in [0.15, 0.2) is 0 Å². The zero-order chi connectivity index (χ0) is 11.1. The standard InChI is InChI=1S/C8H15F2NO3/c1-6(8(13)14)4-11(2-3-12)5-7(9)10/h6-7,12H,2-5H2,1H3,(H,13,14). The van der Waals surface area contributed by atoms with Gasteiger partial charge in [-0.3, -0.25) is 9.69 Å². The van der Waals surface area contributed by atoms with Gasteiger partial charge in [0, 0.05) is 13.1 Å². The lowest BCUT2D eigenvalue weighted by Gasteiger charge is -2.22. The van der Waals surface area contributed by atoms with Crippen molar-refractivity contribution < 1.29 is 23.8 Å². The Morgan fingerprint density at radius 1 is 1.43 bits per heavy atom. The first-order chi connectivity index (χ1) is 6.47. The lowest BCUT2D eigenvalue weighted by atomic mass is 10.1. The van der Waals surface area contributed by atoms with E-state index in [2.05, 4.69) is 0 Å². The fourth-order valence-electron chi connectivity index (χ4n) is 1.06. The number of hydrogen-bond donors (Lipinski definition) is 2. The van der Waals surface area contributed by atoms with E-state index in [4.69, 9.17) is 10.2 Å². The van der Waals surface area contributed by atoms with Crippen LogP contribution in [0.2, 0.25) is 0 Å². The Bertz CT molecular complexity index is 178. The van der Waals surface area contributed by atoms with Gasteiger partial charge in [0.15, 0.2) is 0 Å². The first-order valence-corrected chi connectivity index (χ1v) is 4.31. The molecule has 0 saturated heterocycles. The summed E-state index contributed by atoms with van der Waals surface area (Å²) in [6.45, 7) is 0.789. The SMILES string of the molecule is CC(CN(CCO)CC(F)F)C(=O)O. The van der Waals surface area contributed by atoms with E-state index >= 15 is 0 Å². The van der Waals surface area contributed by atoms with Crippen LogP contribution in [0.3, 0.4) is 0 Å². The van der Waals surface area contributed by atoms with Gasteiger partial charge in [0.05, 0.1) is 19.1 Å². The van der Waals surface area contributed by atoms with Crippen LogP contribution in [0.1, 0.15) is 6.92 Å². The summed E-state index contributed by atoms with van der Waals surface area (Å²) in [6, 6.07) is 0. The van der Waals surface area contributed by atoms with Gasteiger partial charge >= 0.3 is 5.97 Å². The van der Waals surface area contributed by atoms with E-state index < -0.39 is 24.9 Å². The van der Waals surface area contributed by atoms with Crippen molar-refractivity contribution >= 4 is 5.97 Å². The maximum atomic E-state index is 12.0. The predicted molar refractivity (Wildman–Crippen MR) is 46.3 cm³/mol. The molecule has 0 fully saturated rings. The van der Waals surface area contributed by atoms with Crippen molar-refractivity contribution in [2.24, 2.45) is 5.92 Å². The third kappa shape index (κ3) is 5.82. The van der Waals surface area contributed by atoms with Gasteiger partial charge in [-0.2, -0.15) is 0 Å². The predicted octanol–water partition coefficient (Wildman–Crippen LogP) is 0.266. The Morgan fingerprint density at radius 2 is 2.00 bits per heavy atom. The zero-order valence-corrected chi connectivity index (χ0v) is 7.99. The van der Waals surface area contributed by atoms with Gasteiger partial charge in [0.25, 0.3) is 6.43 Å². The molecule has 0 radical (unpaired) electrons. The summed E-state index contributed by atoms with van der Waals surface area (Å²) in [4.78, 5) is 11.7. The maximum Gasteiger partial charge on any atom is 0.307 e. The number of aliphatic carboxylic acids is 1. The van der Waals surface area contributed by atoms with E-state index in [9.17, 15) is 13.6 Å². The molecule has 0 amide bonds. The van der Waals surface area contributed by atoms with Gasteiger partial charge in [-0.05, 0) is 0 Å². The summed E-state index contributed by atoms with van der Waals surface area (Å²) >= 11 is 0. The highest BCUT2D eigenvalue weighted by molar-refractivity contribution is 5.69. The van der Waals surface area contributed by atoms with Crippen molar-refractivity contribution in [2.75, 3.05) is 26.2 Å². The summed E-state index contributed by atoms with van der Waals surface area (Å²) in [6.07, 6.45) is -2.51. The molecule has 2 N–H and O–H groups in total. The summed E-state index contributed by atoms with van der Waals surface area (Å²) in [5.74, 6) is -1.73. The first kappa shape index (κ1) is 13.2. The number of nitrogens with zero attached hydrogens (tertiary/aromatic N) is 1. The molecule has 0 aliphatic carbocycles. The van der Waals surface area contributed by atoms with Crippen molar-refractivity contribution in [2.45, 2.75) is 13.3 Å². The van der Waals surface area contributed by atoms with Crippen LogP contribution in [-0.4, -0.2) is 53.7 Å². The highest BCUT2D eigenvalue weighted by Gasteiger charge is 2.18. The molecule has 0 aromatic rings. The summed E-state index contributed by atoms with van der Waals surface area (Å²) in [5, 5.41) is 17.1. The number of halogens is 2. The van der Waals surface area contributed by atoms with Crippen molar-refractivity contribution in [1.82, 2.24) is 4.90 Å². The number of carbonyl (C=O) groups is 1. The summed E-state index contributed by atoms with van der Waals surface area (Å²) in [5.41, 5.74) is 0. The van der Waals surface area contributed by atoms with Crippen LogP contribution in [0.4, 0.5) is 8.78 Å². The lowest BCUT2D eigenvalue weighted by molar-refractivity contribution is -0.142. The van der Waals surface area contributed by atoms with E-state index in [-0.39, 0.29) is 19.7 Å². The van der Waals surface area contributed by atoms with Gasteiger partial charge in [-0.1, -0.05) is 6.92 Å². The van der Waals surface area contributed by atoms with E-state index in [0.29, 0.717) is 0 Å². The quantitative estimate of drug-likeness (QED) is 0.634. The molecule has 0 bridgehead atoms. The van der Waals surface area contributed by atoms with E-state index in [1.807, 2.05) is 0 Å². The van der Waals surface area contributed by atoms with Crippen LogP contribution >= 0.6 is 0 Å². The molecule has 0 spiro atoms. The number of carboxylic acids is 1. The molecule has 0 heterocycles. The number of rotatable bonds is 7. The van der Waals surface area contributed by atoms with Gasteiger partial charge < -0.3 is 10.2 Å². The Hall–Kier alpha value is -0.750. The van der Waals surface area contributed by atoms with Crippen LogP contribution in [0.25, 0.3) is 0 Å². The van der Waals surface area contributed by atoms with Gasteiger partial charge in [0.1, 0.15) is 0 Å². The molecule has 6 heteroatoms. The minimum atomic E-state index is -2.51. The van der Waals surface area contributed by atoms with Crippen molar-refractivity contribution in [3.8, 4) is 0 Å². The second-order valence-electron chi connectivity index (χ2n) is 3.11. The van der Waals surface area contributed by atoms with Gasteiger partial charge in [-0.25, -0.2) is 8.78 Å². The Labute approximate surface area is 81.1 Å². The average Bonchev–Trinajstić information content (AvgIpc) is 2.02. The van der Waals surface area contributed by atoms with Gasteiger partial charge in [-0.15, -0.1) is 0 Å². The number of carboxylic acid groups (broad SMARTS) is 1. The molecule has 0 aliphatic rings. The van der Waals surface area contributed by atoms with Crippen LogP contribution < -0.4 is 0 Å². The Balaban J connectivity index is 4.01. The molecule has 0 aliphatic heterocycles. The Morgan fingerprint density at radius 3 is 2.36 bits per heavy atom. The van der Waals surface area contributed by atoms with Crippen LogP contribution in [-0.2, 0) is 4.79 Å². The normalized spacial score (nSPS) is 13.6. The topological polar surface area (TPSA) is 60.8 Å². The fraction of sp³-hybridized carbons (Fsp3) is 0.875. The molecule has 0 aromatic carbocycles. The molecule has 84 valence electrons. The highest BCUT2D eigenvalue weighted by atomic mass is 19.3. The fourth-order valence-corrected chi connectivity index (χ4v) is 1.06. The highest BCUT2D eigenvalue weighted by Crippen LogP contribution is 2.03. The molecule has 1 atom stereocenters. The van der Waals surface area contributed by atoms with E-state index in [1.165, 1.54) is 11.8 Å². The molecule has 4 nitrogen and oxygen atoms in total. The molecular formula is C8H15F2NO3. The van der Waals surface area contributed by atoms with Crippen molar-refractivity contribution in [1.29, 1.82) is 0 Å². The van der Waals surface area contributed by atoms with Crippen molar-refractivity contribution in [3.63, 3.8) is 0 Å². The van der Waals surface area contributed by atoms with Crippen LogP contribution in [0.5, 0.6) is 0 Å². The molecule has 0 saturated carbocycles. The zero-order valence-electron chi connectivity index (χ0n) is 7.99. The number of aliphatic hydroxyl groups excluding tert-OH is 1. The minimum Gasteiger partial charge on any atom is -0.481 e. The smallest absolute Gasteiger partial charge is 0.307 e. The summed E-state index contributed by atoms with van der Waals surface area (Å²) in [7, 11) is 0. The third-order valence-corrected chi connectivity index (χ3v) is 1.77. The molecule has 0 aromatic heterocycles. The molecular weight excluding hydrogens is 196 g/mol. The number of alkyl halides is 2. The number of aliphatic hydroxyl groups is 1.